The lowest BCUT2D eigenvalue weighted by Crippen LogP contribution is -2.34. The first-order chi connectivity index (χ1) is 8.86. The molecule has 0 aliphatic heterocycles. The molecule has 0 aromatic carbocycles. The highest BCUT2D eigenvalue weighted by molar-refractivity contribution is 5.83. The summed E-state index contributed by atoms with van der Waals surface area (Å²) in [6.07, 6.45) is 1.58. The normalized spacial score (nSPS) is 13.2. The van der Waals surface area contributed by atoms with E-state index in [1.54, 1.807) is 27.0 Å². The number of amides is 1. The van der Waals surface area contributed by atoms with Crippen molar-refractivity contribution in [2.75, 3.05) is 13.0 Å². The first-order valence-electron chi connectivity index (χ1n) is 5.82. The van der Waals surface area contributed by atoms with Gasteiger partial charge >= 0.3 is 5.97 Å². The van der Waals surface area contributed by atoms with Gasteiger partial charge in [-0.05, 0) is 13.8 Å². The zero-order valence-corrected chi connectivity index (χ0v) is 11.5. The van der Waals surface area contributed by atoms with Gasteiger partial charge in [-0.2, -0.15) is 4.99 Å². The van der Waals surface area contributed by atoms with E-state index in [1.165, 1.54) is 11.8 Å². The number of aryl methyl sites for hydroxylation is 2. The lowest BCUT2D eigenvalue weighted by atomic mass is 10.1. The predicted molar refractivity (Wildman–Crippen MR) is 68.2 cm³/mol. The quantitative estimate of drug-likeness (QED) is 0.605. The minimum Gasteiger partial charge on any atom is -0.469 e. The fourth-order valence-electron chi connectivity index (χ4n) is 1.42. The van der Waals surface area contributed by atoms with Crippen LogP contribution in [0.1, 0.15) is 24.7 Å². The summed E-state index contributed by atoms with van der Waals surface area (Å²) in [6, 6.07) is 0. The second kappa shape index (κ2) is 6.12. The molecule has 0 aliphatic carbocycles. The van der Waals surface area contributed by atoms with Crippen molar-refractivity contribution >= 4 is 11.9 Å². The third-order valence-electron chi connectivity index (χ3n) is 2.72. The van der Waals surface area contributed by atoms with E-state index in [-0.39, 0.29) is 6.42 Å². The van der Waals surface area contributed by atoms with Gasteiger partial charge in [0.05, 0.1) is 24.9 Å². The van der Waals surface area contributed by atoms with Crippen LogP contribution in [0.5, 0.6) is 0 Å². The molecule has 1 unspecified atom stereocenters. The van der Waals surface area contributed by atoms with Crippen molar-refractivity contribution in [1.82, 2.24) is 9.66 Å². The molecule has 0 spiro atoms. The number of nitrogens with two attached hydrogens (primary N) is 1. The molecule has 7 heteroatoms. The third-order valence-corrected chi connectivity index (χ3v) is 2.72. The Morgan fingerprint density at radius 2 is 2.16 bits per heavy atom. The van der Waals surface area contributed by atoms with E-state index >= 15 is 0 Å². The summed E-state index contributed by atoms with van der Waals surface area (Å²) in [5.74, 6) is 4.36. The first-order valence-corrected chi connectivity index (χ1v) is 5.82. The summed E-state index contributed by atoms with van der Waals surface area (Å²) in [5.41, 5.74) is 1.52. The van der Waals surface area contributed by atoms with Crippen LogP contribution in [0.25, 0.3) is 0 Å². The van der Waals surface area contributed by atoms with Gasteiger partial charge in [0.1, 0.15) is 0 Å². The predicted octanol–water partition coefficient (Wildman–Crippen LogP) is -0.160. The molecule has 1 amide bonds. The van der Waals surface area contributed by atoms with Crippen molar-refractivity contribution in [3.05, 3.63) is 23.1 Å². The standard InChI is InChI=1S/C12H18N4O3/c1-7(5-10(17)19-4)12(18)15-11-9(3)14-6-8(2)16(11)13/h6-7H,5,13H2,1-4H3/b15-11-. The number of nitrogen functional groups attached to an aromatic ring is 1. The van der Waals surface area contributed by atoms with Crippen LogP contribution in [0.3, 0.4) is 0 Å². The Bertz CT molecular complexity index is 563. The Balaban J connectivity index is 3.06. The van der Waals surface area contributed by atoms with Crippen LogP contribution in [0.4, 0.5) is 0 Å². The van der Waals surface area contributed by atoms with Crippen molar-refractivity contribution in [3.63, 3.8) is 0 Å². The molecule has 1 aromatic rings. The van der Waals surface area contributed by atoms with Crippen LogP contribution in [0, 0.1) is 19.8 Å². The van der Waals surface area contributed by atoms with Gasteiger partial charge in [-0.25, -0.2) is 4.68 Å². The van der Waals surface area contributed by atoms with Gasteiger partial charge in [-0.15, -0.1) is 0 Å². The second-order valence-corrected chi connectivity index (χ2v) is 4.31. The highest BCUT2D eigenvalue weighted by Crippen LogP contribution is 2.05. The zero-order chi connectivity index (χ0) is 14.6. The van der Waals surface area contributed by atoms with Crippen molar-refractivity contribution < 1.29 is 14.3 Å². The molecule has 1 rings (SSSR count). The fraction of sp³-hybridized carbons (Fsp3) is 0.500. The Hall–Kier alpha value is -2.18. The molecule has 0 saturated carbocycles. The Morgan fingerprint density at radius 3 is 2.74 bits per heavy atom. The van der Waals surface area contributed by atoms with Crippen molar-refractivity contribution in [2.45, 2.75) is 27.2 Å². The summed E-state index contributed by atoms with van der Waals surface area (Å²) in [5, 5.41) is 0. The number of methoxy groups -OCH3 is 1. The number of aromatic nitrogens is 2. The molecular weight excluding hydrogens is 248 g/mol. The minimum atomic E-state index is -0.563. The van der Waals surface area contributed by atoms with Crippen LogP contribution in [-0.2, 0) is 14.3 Å². The molecule has 0 radical (unpaired) electrons. The molecule has 1 heterocycles. The number of hydrogen-bond acceptors (Lipinski definition) is 5. The van der Waals surface area contributed by atoms with Crippen LogP contribution < -0.4 is 11.3 Å². The molecule has 1 atom stereocenters. The topological polar surface area (TPSA) is 99.6 Å². The Kier molecular flexibility index (Phi) is 4.80. The van der Waals surface area contributed by atoms with Gasteiger partial charge in [0.15, 0.2) is 5.49 Å². The molecule has 0 bridgehead atoms. The lowest BCUT2D eigenvalue weighted by molar-refractivity contribution is -0.143. The first kappa shape index (κ1) is 14.9. The monoisotopic (exact) mass is 266 g/mol. The maximum absolute atomic E-state index is 11.9. The number of hydrogen-bond donors (Lipinski definition) is 1. The maximum atomic E-state index is 11.9. The Morgan fingerprint density at radius 1 is 1.53 bits per heavy atom. The van der Waals surface area contributed by atoms with E-state index < -0.39 is 17.8 Å². The van der Waals surface area contributed by atoms with E-state index in [9.17, 15) is 9.59 Å². The largest absolute Gasteiger partial charge is 0.469 e. The number of ether oxygens (including phenoxy) is 1. The van der Waals surface area contributed by atoms with E-state index in [1.807, 2.05) is 0 Å². The summed E-state index contributed by atoms with van der Waals surface area (Å²) in [7, 11) is 1.28. The highest BCUT2D eigenvalue weighted by atomic mass is 16.5. The summed E-state index contributed by atoms with van der Waals surface area (Å²) < 4.78 is 5.81. The molecular formula is C12H18N4O3. The SMILES string of the molecule is COC(=O)CC(C)C(=O)/N=c1/c(C)ncc(C)n1N. The van der Waals surface area contributed by atoms with Crippen molar-refractivity contribution in [2.24, 2.45) is 10.9 Å². The average Bonchev–Trinajstić information content (AvgIpc) is 2.38. The number of rotatable bonds is 3. The summed E-state index contributed by atoms with van der Waals surface area (Å²) in [6.45, 7) is 5.08. The molecule has 0 fully saturated rings. The molecule has 0 saturated heterocycles. The fourth-order valence-corrected chi connectivity index (χ4v) is 1.42. The van der Waals surface area contributed by atoms with Gasteiger partial charge in [0.2, 0.25) is 0 Å². The van der Waals surface area contributed by atoms with E-state index in [0.717, 1.165) is 0 Å². The minimum absolute atomic E-state index is 0.0122. The number of esters is 1. The average molecular weight is 266 g/mol. The third kappa shape index (κ3) is 3.64. The van der Waals surface area contributed by atoms with Crippen LogP contribution >= 0.6 is 0 Å². The molecule has 7 nitrogen and oxygen atoms in total. The lowest BCUT2D eigenvalue weighted by Gasteiger charge is -2.08. The van der Waals surface area contributed by atoms with Gasteiger partial charge in [-0.1, -0.05) is 6.92 Å². The molecule has 104 valence electrons. The van der Waals surface area contributed by atoms with Gasteiger partial charge < -0.3 is 10.6 Å². The van der Waals surface area contributed by atoms with Crippen LogP contribution in [0.2, 0.25) is 0 Å². The summed E-state index contributed by atoms with van der Waals surface area (Å²) >= 11 is 0. The molecule has 1 aromatic heterocycles. The number of carbonyl (C=O) groups is 2. The number of carbonyl (C=O) groups excluding carboxylic acids is 2. The van der Waals surface area contributed by atoms with E-state index in [2.05, 4.69) is 14.7 Å². The maximum Gasteiger partial charge on any atom is 0.306 e. The zero-order valence-electron chi connectivity index (χ0n) is 11.5. The summed E-state index contributed by atoms with van der Waals surface area (Å²) in [4.78, 5) is 31.0. The van der Waals surface area contributed by atoms with E-state index in [0.29, 0.717) is 16.9 Å². The van der Waals surface area contributed by atoms with E-state index in [4.69, 9.17) is 5.84 Å². The second-order valence-electron chi connectivity index (χ2n) is 4.31. The van der Waals surface area contributed by atoms with Crippen LogP contribution in [0.15, 0.2) is 11.2 Å². The van der Waals surface area contributed by atoms with Gasteiger partial charge in [0, 0.05) is 12.1 Å². The highest BCUT2D eigenvalue weighted by Gasteiger charge is 2.17. The molecule has 19 heavy (non-hydrogen) atoms. The van der Waals surface area contributed by atoms with Crippen LogP contribution in [-0.4, -0.2) is 28.6 Å². The Labute approximate surface area is 111 Å². The van der Waals surface area contributed by atoms with Gasteiger partial charge in [-0.3, -0.25) is 14.6 Å². The van der Waals surface area contributed by atoms with Gasteiger partial charge in [0.25, 0.3) is 5.91 Å². The number of nitrogens with zero attached hydrogens (tertiary/aromatic N) is 3. The smallest absolute Gasteiger partial charge is 0.306 e. The molecule has 0 aliphatic rings. The van der Waals surface area contributed by atoms with Crippen molar-refractivity contribution in [3.8, 4) is 0 Å². The molecule has 2 N–H and O–H groups in total. The van der Waals surface area contributed by atoms with Crippen molar-refractivity contribution in [1.29, 1.82) is 0 Å².